The van der Waals surface area contributed by atoms with Crippen LogP contribution in [0.1, 0.15) is 6.92 Å². The first-order chi connectivity index (χ1) is 41.4. The number of allylic oxidation sites excluding steroid dienone is 81. The van der Waals surface area contributed by atoms with Crippen LogP contribution in [0.25, 0.3) is 0 Å². The van der Waals surface area contributed by atoms with Gasteiger partial charge < -0.3 is 0 Å². The van der Waals surface area contributed by atoms with Crippen LogP contribution in [0.3, 0.4) is 0 Å². The van der Waals surface area contributed by atoms with E-state index in [1.54, 1.807) is 6.08 Å². The predicted octanol–water partition coefficient (Wildman–Crippen LogP) is 23.4. The van der Waals surface area contributed by atoms with Crippen LogP contribution < -0.4 is 0 Å². The van der Waals surface area contributed by atoms with Gasteiger partial charge in [0.15, 0.2) is 0 Å². The molecular weight excluding hydrogens is 997 g/mol. The van der Waals surface area contributed by atoms with Crippen molar-refractivity contribution in [2.24, 2.45) is 0 Å². The average molecular weight is 1080 g/mol. The zero-order chi connectivity index (χ0) is 59.3. The molecule has 0 saturated heterocycles. The normalized spacial score (nSPS) is 15.6. The molecule has 83 heavy (non-hydrogen) atoms. The molecule has 0 unspecified atom stereocenters. The molecule has 0 heteroatoms. The Labute approximate surface area is 502 Å². The van der Waals surface area contributed by atoms with E-state index < -0.39 is 0 Å². The van der Waals surface area contributed by atoms with Crippen LogP contribution in [-0.4, -0.2) is 0 Å². The molecular formula is C83H86. The number of hydrogen-bond acceptors (Lipinski definition) is 0. The highest BCUT2D eigenvalue weighted by molar-refractivity contribution is 5.29. The first-order valence-electron chi connectivity index (χ1n) is 27.7. The molecule has 0 atom stereocenters. The van der Waals surface area contributed by atoms with Gasteiger partial charge in [-0.1, -0.05) is 499 Å². The van der Waals surface area contributed by atoms with Gasteiger partial charge in [-0.15, -0.1) is 0 Å². The lowest BCUT2D eigenvalue weighted by Crippen LogP contribution is -1.55. The summed E-state index contributed by atoms with van der Waals surface area (Å²) in [5.41, 5.74) is 0. The van der Waals surface area contributed by atoms with E-state index in [1.807, 2.05) is 493 Å². The van der Waals surface area contributed by atoms with E-state index >= 15 is 0 Å². The third-order valence-corrected chi connectivity index (χ3v) is 9.00. The summed E-state index contributed by atoms with van der Waals surface area (Å²) in [6.07, 6.45) is 161. The fourth-order valence-corrected chi connectivity index (χ4v) is 5.13. The highest BCUT2D eigenvalue weighted by atomic mass is 13.8. The van der Waals surface area contributed by atoms with Gasteiger partial charge in [0.05, 0.1) is 0 Å². The summed E-state index contributed by atoms with van der Waals surface area (Å²) in [5, 5.41) is 0. The quantitative estimate of drug-likeness (QED) is 0.0537. The van der Waals surface area contributed by atoms with E-state index in [2.05, 4.69) is 6.58 Å². The zero-order valence-corrected chi connectivity index (χ0v) is 48.5. The van der Waals surface area contributed by atoms with Gasteiger partial charge in [0.1, 0.15) is 0 Å². The number of hydrogen-bond donors (Lipinski definition) is 0. The molecule has 0 fully saturated rings. The Balaban J connectivity index is 4.11. The van der Waals surface area contributed by atoms with Crippen LogP contribution in [0, 0.1) is 0 Å². The lowest BCUT2D eigenvalue weighted by Gasteiger charge is -1.77. The van der Waals surface area contributed by atoms with E-state index in [-0.39, 0.29) is 0 Å². The van der Waals surface area contributed by atoms with Crippen molar-refractivity contribution >= 4 is 0 Å². The van der Waals surface area contributed by atoms with E-state index in [1.165, 1.54) is 0 Å². The maximum absolute atomic E-state index is 3.63. The van der Waals surface area contributed by atoms with E-state index in [9.17, 15) is 0 Å². The third-order valence-electron chi connectivity index (χ3n) is 9.00. The van der Waals surface area contributed by atoms with E-state index in [4.69, 9.17) is 0 Å². The van der Waals surface area contributed by atoms with Crippen molar-refractivity contribution < 1.29 is 0 Å². The topological polar surface area (TPSA) is 0 Å². The Bertz CT molecular complexity index is 2950. The van der Waals surface area contributed by atoms with Gasteiger partial charge in [-0.25, -0.2) is 0 Å². The van der Waals surface area contributed by atoms with Crippen molar-refractivity contribution in [1.29, 1.82) is 0 Å². The van der Waals surface area contributed by atoms with Gasteiger partial charge in [0.2, 0.25) is 0 Å². The molecule has 0 N–H and O–H groups in total. The van der Waals surface area contributed by atoms with Crippen LogP contribution in [-0.2, 0) is 0 Å². The second-order valence-electron chi connectivity index (χ2n) is 15.8. The highest BCUT2D eigenvalue weighted by Crippen LogP contribution is 1.94. The third kappa shape index (κ3) is 71.3. The maximum atomic E-state index is 3.63. The molecule has 0 aliphatic rings. The Morgan fingerprint density at radius 3 is 0.217 bits per heavy atom. The van der Waals surface area contributed by atoms with Crippen LogP contribution in [0.2, 0.25) is 0 Å². The average Bonchev–Trinajstić information content (AvgIpc) is 3.49. The molecule has 0 rings (SSSR count). The van der Waals surface area contributed by atoms with E-state index in [0.29, 0.717) is 0 Å². The summed E-state index contributed by atoms with van der Waals surface area (Å²) >= 11 is 0. The second kappa shape index (κ2) is 71.3. The van der Waals surface area contributed by atoms with Crippen LogP contribution in [0.15, 0.2) is 499 Å². The minimum absolute atomic E-state index is 1.75. The van der Waals surface area contributed by atoms with Crippen LogP contribution in [0.5, 0.6) is 0 Å². The molecule has 0 amide bonds. The first kappa shape index (κ1) is 72.3. The molecule has 0 aromatic carbocycles. The minimum atomic E-state index is 1.75. The van der Waals surface area contributed by atoms with Gasteiger partial charge in [-0.05, 0) is 6.92 Å². The molecule has 0 bridgehead atoms. The number of rotatable bonds is 40. The van der Waals surface area contributed by atoms with Gasteiger partial charge in [-0.3, -0.25) is 0 Å². The summed E-state index contributed by atoms with van der Waals surface area (Å²) in [7, 11) is 0. The Hall–Kier alpha value is -10.7. The summed E-state index contributed by atoms with van der Waals surface area (Å²) in [6, 6.07) is 0. The second-order valence-corrected chi connectivity index (χ2v) is 15.8. The van der Waals surface area contributed by atoms with Crippen molar-refractivity contribution in [3.8, 4) is 0 Å². The van der Waals surface area contributed by atoms with Crippen molar-refractivity contribution in [1.82, 2.24) is 0 Å². The largest absolute Gasteiger partial charge is 0.0991 e. The van der Waals surface area contributed by atoms with Gasteiger partial charge >= 0.3 is 0 Å². The lowest BCUT2D eigenvalue weighted by atomic mass is 10.3. The summed E-state index contributed by atoms with van der Waals surface area (Å²) in [4.78, 5) is 0. The van der Waals surface area contributed by atoms with Crippen molar-refractivity contribution in [2.75, 3.05) is 0 Å². The lowest BCUT2D eigenvalue weighted by molar-refractivity contribution is 1.73. The maximum Gasteiger partial charge on any atom is -0.0467 e. The molecule has 0 heterocycles. The SMILES string of the molecule is C=CC=CC=CC=CC=CC=CC=CC=CC=CC=CC=CC=CC=CC=CC=CC=CC=CC=CC=CC=CC=CC=CC=CC=CC=CC=CC=CC=CC=CC=CC=CC=CC=CC=CC=CC=CC=CC=CC=CC=CC=CC. The van der Waals surface area contributed by atoms with E-state index in [0.717, 1.165) is 0 Å². The molecule has 0 spiro atoms. The Kier molecular flexibility index (Phi) is 62.2. The van der Waals surface area contributed by atoms with Gasteiger partial charge in [0, 0.05) is 0 Å². The summed E-state index contributed by atoms with van der Waals surface area (Å²) < 4.78 is 0. The Morgan fingerprint density at radius 1 is 0.0964 bits per heavy atom. The van der Waals surface area contributed by atoms with Crippen molar-refractivity contribution in [2.45, 2.75) is 6.92 Å². The standard InChI is InChI=1S/C83H86/c1-3-5-7-9-11-13-15-17-19-21-23-25-27-29-31-33-35-37-39-41-43-45-47-49-51-53-55-57-59-61-63-65-67-69-71-73-75-77-79-81-83-82-80-78-76-74-72-70-68-66-64-62-60-58-56-54-52-50-48-46-44-42-40-38-36-34-32-30-28-26-24-22-20-18-16-14-12-10-8-6-4-2/h3-83H,1H2,2H3. The predicted molar refractivity (Wildman–Crippen MR) is 381 cm³/mol. The van der Waals surface area contributed by atoms with Gasteiger partial charge in [0.25, 0.3) is 0 Å². The summed E-state index contributed by atoms with van der Waals surface area (Å²) in [5.74, 6) is 0. The summed E-state index contributed by atoms with van der Waals surface area (Å²) in [6.45, 7) is 5.63. The first-order valence-corrected chi connectivity index (χ1v) is 27.7. The fourth-order valence-electron chi connectivity index (χ4n) is 5.13. The molecule has 0 aliphatic carbocycles. The molecule has 0 aromatic rings. The Morgan fingerprint density at radius 2 is 0.157 bits per heavy atom. The zero-order valence-electron chi connectivity index (χ0n) is 48.5. The van der Waals surface area contributed by atoms with Crippen molar-refractivity contribution in [3.05, 3.63) is 499 Å². The smallest absolute Gasteiger partial charge is 0.0467 e. The van der Waals surface area contributed by atoms with Crippen LogP contribution in [0.4, 0.5) is 0 Å². The fraction of sp³-hybridized carbons (Fsp3) is 0.0120. The van der Waals surface area contributed by atoms with Crippen molar-refractivity contribution in [3.63, 3.8) is 0 Å². The highest BCUT2D eigenvalue weighted by Gasteiger charge is 1.72. The minimum Gasteiger partial charge on any atom is -0.0991 e. The van der Waals surface area contributed by atoms with Crippen LogP contribution >= 0.6 is 0 Å². The molecule has 0 nitrogen and oxygen atoms in total. The molecule has 418 valence electrons. The molecule has 0 saturated carbocycles. The molecule has 0 aromatic heterocycles. The monoisotopic (exact) mass is 1080 g/mol. The molecule has 0 radical (unpaired) electrons. The van der Waals surface area contributed by atoms with Gasteiger partial charge in [-0.2, -0.15) is 0 Å². The molecule has 0 aliphatic heterocycles.